The summed E-state index contributed by atoms with van der Waals surface area (Å²) in [5.74, 6) is -0.386. The zero-order valence-electron chi connectivity index (χ0n) is 14.9. The minimum absolute atomic E-state index is 0.0653. The number of hydrogen-bond acceptors (Lipinski definition) is 12. The van der Waals surface area contributed by atoms with Gasteiger partial charge in [-0.1, -0.05) is 0 Å². The van der Waals surface area contributed by atoms with Crippen molar-refractivity contribution in [2.45, 2.75) is 49.1 Å². The quantitative estimate of drug-likeness (QED) is 0.252. The Bertz CT molecular complexity index is 964. The van der Waals surface area contributed by atoms with Crippen LogP contribution in [0.1, 0.15) is 12.5 Å². The summed E-state index contributed by atoms with van der Waals surface area (Å²) in [6, 6.07) is 0. The second-order valence-corrected chi connectivity index (χ2v) is 6.97. The van der Waals surface area contributed by atoms with Crippen molar-refractivity contribution in [1.29, 1.82) is 0 Å². The Morgan fingerprint density at radius 3 is 2.45 bits per heavy atom. The molecule has 0 radical (unpaired) electrons. The number of ether oxygens (including phenoxy) is 2. The molecule has 4 heterocycles. The fourth-order valence-corrected chi connectivity index (χ4v) is 3.56. The van der Waals surface area contributed by atoms with Crippen LogP contribution in [0.25, 0.3) is 11.2 Å². The van der Waals surface area contributed by atoms with E-state index in [1.807, 2.05) is 0 Å². The van der Waals surface area contributed by atoms with E-state index in [4.69, 9.17) is 15.2 Å². The summed E-state index contributed by atoms with van der Waals surface area (Å²) >= 11 is 0. The summed E-state index contributed by atoms with van der Waals surface area (Å²) in [5, 5.41) is 59.0. The molecule has 2 saturated heterocycles. The molecule has 29 heavy (non-hydrogen) atoms. The average Bonchev–Trinajstić information content (AvgIpc) is 3.23. The van der Waals surface area contributed by atoms with Crippen molar-refractivity contribution < 1.29 is 40.1 Å². The lowest BCUT2D eigenvalue weighted by molar-refractivity contribution is -0.211. The van der Waals surface area contributed by atoms with E-state index in [-0.39, 0.29) is 23.7 Å². The lowest BCUT2D eigenvalue weighted by atomic mass is 10.0. The van der Waals surface area contributed by atoms with Crippen LogP contribution in [0.5, 0.6) is 0 Å². The molecule has 160 valence electrons. The number of anilines is 1. The van der Waals surface area contributed by atoms with Crippen LogP contribution in [-0.2, 0) is 9.47 Å². The molecule has 0 spiro atoms. The number of nitrogen functional groups attached to an aromatic ring is 1. The highest BCUT2D eigenvalue weighted by molar-refractivity contribution is 5.71. The van der Waals surface area contributed by atoms with Gasteiger partial charge in [-0.25, -0.2) is 9.55 Å². The van der Waals surface area contributed by atoms with Gasteiger partial charge in [0.2, 0.25) is 5.95 Å². The van der Waals surface area contributed by atoms with Crippen molar-refractivity contribution in [3.05, 3.63) is 16.7 Å². The molecule has 2 aliphatic heterocycles. The number of imidazole rings is 1. The maximum Gasteiger partial charge on any atom is 0.285 e. The summed E-state index contributed by atoms with van der Waals surface area (Å²) in [6.45, 7) is -0.876. The van der Waals surface area contributed by atoms with Gasteiger partial charge in [0.15, 0.2) is 23.6 Å². The van der Waals surface area contributed by atoms with Crippen molar-refractivity contribution in [1.82, 2.24) is 19.1 Å². The molecule has 0 aliphatic carbocycles. The van der Waals surface area contributed by atoms with E-state index in [0.29, 0.717) is 0 Å². The first-order valence-corrected chi connectivity index (χ1v) is 8.79. The maximum absolute atomic E-state index is 12.9. The molecule has 0 saturated carbocycles. The first kappa shape index (κ1) is 20.1. The van der Waals surface area contributed by atoms with Crippen LogP contribution in [0.3, 0.4) is 0 Å². The Labute approximate surface area is 162 Å². The maximum atomic E-state index is 12.9. The molecular weight excluding hydrogens is 394 g/mol. The van der Waals surface area contributed by atoms with Gasteiger partial charge in [0.25, 0.3) is 5.56 Å². The molecule has 14 heteroatoms. The Hall–Kier alpha value is -2.17. The number of nitrogens with two attached hydrogens (primary N) is 1. The normalized spacial score (nSPS) is 38.0. The van der Waals surface area contributed by atoms with Crippen molar-refractivity contribution in [3.8, 4) is 0 Å². The molecule has 4 rings (SSSR count). The van der Waals surface area contributed by atoms with E-state index in [2.05, 4.69) is 9.97 Å². The highest BCUT2D eigenvalue weighted by Gasteiger charge is 2.44. The summed E-state index contributed by atoms with van der Waals surface area (Å²) in [7, 11) is 0. The SMILES string of the molecule is Nc1nc2c(ncn2[C@@H]2O[C@H](CO)[C@@H](O)[C@H]2O)c(=O)n1C1OC[C@@H](O)[C@@H](O)[C@H]1O. The lowest BCUT2D eigenvalue weighted by Gasteiger charge is -2.36. The van der Waals surface area contributed by atoms with Crippen molar-refractivity contribution in [2.24, 2.45) is 0 Å². The van der Waals surface area contributed by atoms with E-state index in [1.165, 1.54) is 4.57 Å². The summed E-state index contributed by atoms with van der Waals surface area (Å²) in [4.78, 5) is 20.9. The van der Waals surface area contributed by atoms with E-state index >= 15 is 0 Å². The van der Waals surface area contributed by atoms with E-state index in [1.54, 1.807) is 0 Å². The van der Waals surface area contributed by atoms with Gasteiger partial charge in [0.05, 0.1) is 19.5 Å². The van der Waals surface area contributed by atoms with Gasteiger partial charge in [-0.3, -0.25) is 9.36 Å². The minimum atomic E-state index is -1.65. The Morgan fingerprint density at radius 1 is 1.10 bits per heavy atom. The van der Waals surface area contributed by atoms with Crippen molar-refractivity contribution in [3.63, 3.8) is 0 Å². The summed E-state index contributed by atoms with van der Waals surface area (Å²) in [5.41, 5.74) is 4.82. The highest BCUT2D eigenvalue weighted by Crippen LogP contribution is 2.31. The zero-order valence-corrected chi connectivity index (χ0v) is 14.9. The van der Waals surface area contributed by atoms with Crippen LogP contribution in [0.15, 0.2) is 11.1 Å². The van der Waals surface area contributed by atoms with Crippen LogP contribution < -0.4 is 11.3 Å². The first-order chi connectivity index (χ1) is 13.8. The molecule has 2 aromatic heterocycles. The second-order valence-electron chi connectivity index (χ2n) is 6.97. The van der Waals surface area contributed by atoms with Crippen LogP contribution in [0.2, 0.25) is 0 Å². The molecule has 8 N–H and O–H groups in total. The van der Waals surface area contributed by atoms with Crippen LogP contribution in [0.4, 0.5) is 5.95 Å². The van der Waals surface area contributed by atoms with Crippen LogP contribution in [-0.4, -0.2) is 99.6 Å². The van der Waals surface area contributed by atoms with Crippen LogP contribution in [0, 0.1) is 0 Å². The number of rotatable bonds is 3. The third-order valence-electron chi connectivity index (χ3n) is 5.18. The average molecular weight is 415 g/mol. The molecule has 2 aromatic rings. The van der Waals surface area contributed by atoms with Gasteiger partial charge in [0, 0.05) is 0 Å². The Kier molecular flexibility index (Phi) is 5.04. The monoisotopic (exact) mass is 415 g/mol. The predicted molar refractivity (Wildman–Crippen MR) is 92.2 cm³/mol. The van der Waals surface area contributed by atoms with Gasteiger partial charge in [-0.2, -0.15) is 4.98 Å². The van der Waals surface area contributed by atoms with Gasteiger partial charge < -0.3 is 45.8 Å². The Balaban J connectivity index is 1.76. The minimum Gasteiger partial charge on any atom is -0.394 e. The topological polar surface area (TPSA) is 219 Å². The number of nitrogens with zero attached hydrogens (tertiary/aromatic N) is 4. The predicted octanol–water partition coefficient (Wildman–Crippen LogP) is -4.60. The smallest absolute Gasteiger partial charge is 0.285 e. The second kappa shape index (κ2) is 7.26. The van der Waals surface area contributed by atoms with Gasteiger partial charge in [-0.15, -0.1) is 0 Å². The number of hydrogen-bond donors (Lipinski definition) is 7. The zero-order chi connectivity index (χ0) is 21.0. The largest absolute Gasteiger partial charge is 0.394 e. The molecule has 2 fully saturated rings. The molecular formula is C15H21N5O9. The number of aliphatic hydroxyl groups excluding tert-OH is 6. The molecule has 0 amide bonds. The standard InChI is InChI=1S/C15H21N5O9/c16-15-18-11-6(12(27)20(15)14-9(25)7(23)4(22)2-28-14)17-3-19(11)13-10(26)8(24)5(1-21)29-13/h3-5,7-10,13-14,21-26H,1-2H2,(H2,16,18)/t4-,5-,7-,8-,9-,10-,13-,14?/m1/s1. The van der Waals surface area contributed by atoms with Crippen molar-refractivity contribution >= 4 is 17.1 Å². The molecule has 2 aliphatic rings. The van der Waals surface area contributed by atoms with Gasteiger partial charge in [0.1, 0.15) is 36.6 Å². The van der Waals surface area contributed by atoms with E-state index in [0.717, 1.165) is 10.9 Å². The molecule has 0 bridgehead atoms. The molecule has 1 unspecified atom stereocenters. The molecule has 0 aromatic carbocycles. The number of aromatic nitrogens is 4. The summed E-state index contributed by atoms with van der Waals surface area (Å²) < 4.78 is 12.7. The third-order valence-corrected chi connectivity index (χ3v) is 5.18. The fourth-order valence-electron chi connectivity index (χ4n) is 3.56. The third kappa shape index (κ3) is 3.01. The molecule has 14 nitrogen and oxygen atoms in total. The van der Waals surface area contributed by atoms with Crippen molar-refractivity contribution in [2.75, 3.05) is 18.9 Å². The molecule has 8 atom stereocenters. The van der Waals surface area contributed by atoms with Crippen LogP contribution >= 0.6 is 0 Å². The van der Waals surface area contributed by atoms with E-state index < -0.39 is 61.2 Å². The first-order valence-electron chi connectivity index (χ1n) is 8.79. The lowest BCUT2D eigenvalue weighted by Crippen LogP contribution is -2.52. The highest BCUT2D eigenvalue weighted by atomic mass is 16.6. The summed E-state index contributed by atoms with van der Waals surface area (Å²) in [6.07, 6.45) is -9.80. The van der Waals surface area contributed by atoms with E-state index in [9.17, 15) is 35.4 Å². The Morgan fingerprint density at radius 2 is 1.79 bits per heavy atom. The number of aliphatic hydroxyl groups is 6. The van der Waals surface area contributed by atoms with Gasteiger partial charge >= 0.3 is 0 Å². The number of fused-ring (bicyclic) bond motifs is 1. The fraction of sp³-hybridized carbons (Fsp3) is 0.667. The van der Waals surface area contributed by atoms with Gasteiger partial charge in [-0.05, 0) is 0 Å².